The molecule has 0 spiro atoms. The van der Waals surface area contributed by atoms with Crippen molar-refractivity contribution < 1.29 is 9.59 Å². The van der Waals surface area contributed by atoms with Crippen molar-refractivity contribution in [3.05, 3.63) is 75.3 Å². The number of benzene rings is 2. The zero-order valence-corrected chi connectivity index (χ0v) is 17.9. The molecule has 5 nitrogen and oxygen atoms in total. The highest BCUT2D eigenvalue weighted by Crippen LogP contribution is 2.27. The Bertz CT molecular complexity index is 1020. The first-order valence-electron chi connectivity index (χ1n) is 9.54. The van der Waals surface area contributed by atoms with E-state index < -0.39 is 0 Å². The minimum atomic E-state index is -0.208. The smallest absolute Gasteiger partial charge is 0.267 e. The number of rotatable bonds is 6. The Labute approximate surface area is 175 Å². The lowest BCUT2D eigenvalue weighted by Gasteiger charge is -2.12. The van der Waals surface area contributed by atoms with Crippen LogP contribution in [-0.4, -0.2) is 16.8 Å². The molecule has 0 aliphatic heterocycles. The first-order valence-corrected chi connectivity index (χ1v) is 10.4. The number of anilines is 2. The molecule has 0 saturated carbocycles. The lowest BCUT2D eigenvalue weighted by molar-refractivity contribution is -0.116. The van der Waals surface area contributed by atoms with Crippen LogP contribution in [0.25, 0.3) is 0 Å². The van der Waals surface area contributed by atoms with E-state index in [0.29, 0.717) is 28.5 Å². The zero-order chi connectivity index (χ0) is 21.0. The van der Waals surface area contributed by atoms with Gasteiger partial charge in [-0.15, -0.1) is 0 Å². The molecular formula is C23H25N3O2S. The molecule has 3 rings (SSSR count). The lowest BCUT2D eigenvalue weighted by atomic mass is 10.1. The highest BCUT2D eigenvalue weighted by molar-refractivity contribution is 7.17. The Hall–Kier alpha value is -2.99. The van der Waals surface area contributed by atoms with E-state index in [0.717, 1.165) is 27.9 Å². The number of hydrogen-bond donors (Lipinski definition) is 2. The molecule has 2 amide bonds. The number of aryl methyl sites for hydroxylation is 5. The molecular weight excluding hydrogens is 382 g/mol. The summed E-state index contributed by atoms with van der Waals surface area (Å²) < 4.78 is 0. The molecule has 0 aliphatic rings. The Balaban J connectivity index is 1.65. The maximum Gasteiger partial charge on any atom is 0.267 e. The fourth-order valence-electron chi connectivity index (χ4n) is 3.29. The molecule has 1 aromatic heterocycles. The fraction of sp³-hybridized carbons (Fsp3) is 0.261. The zero-order valence-electron chi connectivity index (χ0n) is 17.1. The first-order chi connectivity index (χ1) is 13.8. The average Bonchev–Trinajstić information content (AvgIpc) is 3.04. The fourth-order valence-corrected chi connectivity index (χ4v) is 4.17. The molecule has 6 heteroatoms. The predicted molar refractivity (Wildman–Crippen MR) is 119 cm³/mol. The SMILES string of the molecule is Cc1cc(C)c(NC(=O)c2sc(NC(=O)CCc3ccccc3)nc2C)c(C)c1. The third kappa shape index (κ3) is 5.29. The van der Waals surface area contributed by atoms with E-state index in [2.05, 4.69) is 15.6 Å². The van der Waals surface area contributed by atoms with Gasteiger partial charge in [0, 0.05) is 12.1 Å². The summed E-state index contributed by atoms with van der Waals surface area (Å²) in [6.07, 6.45) is 1.03. The van der Waals surface area contributed by atoms with Gasteiger partial charge in [-0.2, -0.15) is 0 Å². The molecule has 0 radical (unpaired) electrons. The summed E-state index contributed by atoms with van der Waals surface area (Å²) in [5, 5.41) is 6.25. The van der Waals surface area contributed by atoms with Crippen molar-refractivity contribution in [2.45, 2.75) is 40.5 Å². The standard InChI is InChI=1S/C23H25N3O2S/c1-14-12-15(2)20(16(3)13-14)26-22(28)21-17(4)24-23(29-21)25-19(27)11-10-18-8-6-5-7-9-18/h5-9,12-13H,10-11H2,1-4H3,(H,26,28)(H,24,25,27). The van der Waals surface area contributed by atoms with Gasteiger partial charge < -0.3 is 10.6 Å². The highest BCUT2D eigenvalue weighted by atomic mass is 32.1. The molecule has 2 aromatic carbocycles. The monoisotopic (exact) mass is 407 g/mol. The second kappa shape index (κ2) is 9.01. The lowest BCUT2D eigenvalue weighted by Crippen LogP contribution is -2.13. The number of hydrogen-bond acceptors (Lipinski definition) is 4. The van der Waals surface area contributed by atoms with Crippen molar-refractivity contribution in [1.82, 2.24) is 4.98 Å². The van der Waals surface area contributed by atoms with Crippen LogP contribution in [-0.2, 0) is 11.2 Å². The van der Waals surface area contributed by atoms with Crippen LogP contribution in [0.15, 0.2) is 42.5 Å². The van der Waals surface area contributed by atoms with Crippen LogP contribution in [0.1, 0.15) is 44.0 Å². The second-order valence-corrected chi connectivity index (χ2v) is 8.19. The van der Waals surface area contributed by atoms with Gasteiger partial charge in [-0.3, -0.25) is 9.59 Å². The van der Waals surface area contributed by atoms with Crippen LogP contribution in [0.2, 0.25) is 0 Å². The van der Waals surface area contributed by atoms with Gasteiger partial charge >= 0.3 is 0 Å². The Kier molecular flexibility index (Phi) is 6.44. The number of amides is 2. The van der Waals surface area contributed by atoms with Crippen LogP contribution < -0.4 is 10.6 Å². The summed E-state index contributed by atoms with van der Waals surface area (Å²) in [4.78, 5) is 29.9. The van der Waals surface area contributed by atoms with E-state index >= 15 is 0 Å². The third-order valence-corrected chi connectivity index (χ3v) is 5.72. The van der Waals surface area contributed by atoms with Crippen molar-refractivity contribution in [2.75, 3.05) is 10.6 Å². The van der Waals surface area contributed by atoms with E-state index in [-0.39, 0.29) is 11.8 Å². The van der Waals surface area contributed by atoms with E-state index in [4.69, 9.17) is 0 Å². The summed E-state index contributed by atoms with van der Waals surface area (Å²) in [7, 11) is 0. The third-order valence-electron chi connectivity index (χ3n) is 4.65. The summed E-state index contributed by atoms with van der Waals surface area (Å²) in [5.41, 5.74) is 5.74. The number of carbonyl (C=O) groups is 2. The summed E-state index contributed by atoms with van der Waals surface area (Å²) in [5.74, 6) is -0.320. The molecule has 1 heterocycles. The normalized spacial score (nSPS) is 10.6. The van der Waals surface area contributed by atoms with Gasteiger partial charge in [0.05, 0.1) is 5.69 Å². The number of nitrogens with one attached hydrogen (secondary N) is 2. The summed E-state index contributed by atoms with van der Waals surface area (Å²) in [6.45, 7) is 7.77. The summed E-state index contributed by atoms with van der Waals surface area (Å²) >= 11 is 1.20. The second-order valence-electron chi connectivity index (χ2n) is 7.20. The van der Waals surface area contributed by atoms with E-state index in [1.807, 2.05) is 63.2 Å². The van der Waals surface area contributed by atoms with Gasteiger partial charge in [-0.1, -0.05) is 59.4 Å². The van der Waals surface area contributed by atoms with Gasteiger partial charge in [0.15, 0.2) is 5.13 Å². The molecule has 0 aliphatic carbocycles. The Morgan fingerprint density at radius 1 is 0.966 bits per heavy atom. The number of nitrogens with zero attached hydrogens (tertiary/aromatic N) is 1. The van der Waals surface area contributed by atoms with Crippen LogP contribution in [0, 0.1) is 27.7 Å². The van der Waals surface area contributed by atoms with E-state index in [1.54, 1.807) is 6.92 Å². The molecule has 29 heavy (non-hydrogen) atoms. The van der Waals surface area contributed by atoms with Gasteiger partial charge in [-0.05, 0) is 50.8 Å². The molecule has 0 atom stereocenters. The predicted octanol–water partition coefficient (Wildman–Crippen LogP) is 5.20. The first kappa shape index (κ1) is 20.7. The van der Waals surface area contributed by atoms with E-state index in [1.165, 1.54) is 11.3 Å². The molecule has 0 bridgehead atoms. The molecule has 0 fully saturated rings. The molecule has 0 unspecified atom stereocenters. The number of thiazole rings is 1. The van der Waals surface area contributed by atoms with Crippen LogP contribution in [0.5, 0.6) is 0 Å². The molecule has 3 aromatic rings. The van der Waals surface area contributed by atoms with Crippen LogP contribution >= 0.6 is 11.3 Å². The van der Waals surface area contributed by atoms with Gasteiger partial charge in [0.25, 0.3) is 5.91 Å². The minimum absolute atomic E-state index is 0.111. The van der Waals surface area contributed by atoms with Crippen molar-refractivity contribution in [1.29, 1.82) is 0 Å². The largest absolute Gasteiger partial charge is 0.321 e. The highest BCUT2D eigenvalue weighted by Gasteiger charge is 2.18. The molecule has 150 valence electrons. The Morgan fingerprint density at radius 2 is 1.62 bits per heavy atom. The number of carbonyl (C=O) groups excluding carboxylic acids is 2. The Morgan fingerprint density at radius 3 is 2.28 bits per heavy atom. The summed E-state index contributed by atoms with van der Waals surface area (Å²) in [6, 6.07) is 13.9. The van der Waals surface area contributed by atoms with Gasteiger partial charge in [0.1, 0.15) is 4.88 Å². The van der Waals surface area contributed by atoms with Gasteiger partial charge in [-0.25, -0.2) is 4.98 Å². The average molecular weight is 408 g/mol. The quantitative estimate of drug-likeness (QED) is 0.590. The molecule has 2 N–H and O–H groups in total. The van der Waals surface area contributed by atoms with Crippen molar-refractivity contribution >= 4 is 34.0 Å². The maximum atomic E-state index is 12.8. The molecule has 0 saturated heterocycles. The van der Waals surface area contributed by atoms with Crippen LogP contribution in [0.3, 0.4) is 0 Å². The van der Waals surface area contributed by atoms with Crippen molar-refractivity contribution in [2.24, 2.45) is 0 Å². The topological polar surface area (TPSA) is 71.1 Å². The van der Waals surface area contributed by atoms with E-state index in [9.17, 15) is 9.59 Å². The minimum Gasteiger partial charge on any atom is -0.321 e. The van der Waals surface area contributed by atoms with Crippen LogP contribution in [0.4, 0.5) is 10.8 Å². The maximum absolute atomic E-state index is 12.8. The van der Waals surface area contributed by atoms with Crippen molar-refractivity contribution in [3.8, 4) is 0 Å². The van der Waals surface area contributed by atoms with Crippen molar-refractivity contribution in [3.63, 3.8) is 0 Å². The number of aromatic nitrogens is 1. The van der Waals surface area contributed by atoms with Gasteiger partial charge in [0.2, 0.25) is 5.91 Å².